The van der Waals surface area contributed by atoms with Crippen LogP contribution in [0.3, 0.4) is 0 Å². The van der Waals surface area contributed by atoms with E-state index in [0.717, 1.165) is 19.4 Å². The molecule has 0 amide bonds. The van der Waals surface area contributed by atoms with Gasteiger partial charge in [0.2, 0.25) is 0 Å². The zero-order chi connectivity index (χ0) is 4.95. The van der Waals surface area contributed by atoms with E-state index in [9.17, 15) is 0 Å². The van der Waals surface area contributed by atoms with Gasteiger partial charge < -0.3 is 4.74 Å². The molecule has 0 unspecified atom stereocenters. The van der Waals surface area contributed by atoms with Gasteiger partial charge in [-0.1, -0.05) is 12.2 Å². The maximum atomic E-state index is 5.01. The zero-order valence-electron chi connectivity index (χ0n) is 4.26. The normalized spacial score (nSPS) is 21.7. The van der Waals surface area contributed by atoms with E-state index in [0.29, 0.717) is 0 Å². The minimum atomic E-state index is 0.858. The lowest BCUT2D eigenvalue weighted by atomic mass is 10.4. The molecule has 0 aliphatic carbocycles. The molecule has 1 radical (unpaired) electrons. The molecular weight excluding hydrogens is 88.1 g/mol. The van der Waals surface area contributed by atoms with Gasteiger partial charge in [0.1, 0.15) is 0 Å². The number of ether oxygens (including phenoxy) is 1. The van der Waals surface area contributed by atoms with Crippen LogP contribution < -0.4 is 0 Å². The fourth-order valence-electron chi connectivity index (χ4n) is 0.557. The molecule has 1 rings (SSSR count). The van der Waals surface area contributed by atoms with Crippen molar-refractivity contribution in [3.8, 4) is 0 Å². The van der Waals surface area contributed by atoms with Crippen molar-refractivity contribution in [1.82, 2.24) is 0 Å². The summed E-state index contributed by atoms with van der Waals surface area (Å²) >= 11 is 0. The van der Waals surface area contributed by atoms with E-state index in [1.165, 1.54) is 0 Å². The van der Waals surface area contributed by atoms with E-state index in [1.54, 1.807) is 0 Å². The average molecular weight is 97.1 g/mol. The molecule has 39 valence electrons. The van der Waals surface area contributed by atoms with Crippen molar-refractivity contribution in [2.75, 3.05) is 6.61 Å². The minimum Gasteiger partial charge on any atom is -0.375 e. The smallest absolute Gasteiger partial charge is 0.0874 e. The molecule has 1 aliphatic rings. The van der Waals surface area contributed by atoms with Crippen LogP contribution in [0.5, 0.6) is 0 Å². The van der Waals surface area contributed by atoms with E-state index in [1.807, 2.05) is 6.61 Å². The molecule has 7 heavy (non-hydrogen) atoms. The molecule has 0 fully saturated rings. The molecule has 0 atom stereocenters. The lowest BCUT2D eigenvalue weighted by molar-refractivity contribution is 0.207. The Morgan fingerprint density at radius 3 is 3.29 bits per heavy atom. The SMILES string of the molecule is [CH]1CC=CCCO1. The van der Waals surface area contributed by atoms with Crippen LogP contribution in [-0.2, 0) is 4.74 Å². The quantitative estimate of drug-likeness (QED) is 0.416. The van der Waals surface area contributed by atoms with Crippen LogP contribution in [0.25, 0.3) is 0 Å². The molecule has 1 aliphatic heterocycles. The highest BCUT2D eigenvalue weighted by atomic mass is 16.5. The van der Waals surface area contributed by atoms with Gasteiger partial charge in [-0.05, 0) is 12.8 Å². The monoisotopic (exact) mass is 97.1 g/mol. The highest BCUT2D eigenvalue weighted by Gasteiger charge is 1.88. The summed E-state index contributed by atoms with van der Waals surface area (Å²) in [6, 6.07) is 0. The lowest BCUT2D eigenvalue weighted by Crippen LogP contribution is -1.83. The Morgan fingerprint density at radius 2 is 2.29 bits per heavy atom. The summed E-state index contributed by atoms with van der Waals surface area (Å²) in [5, 5.41) is 0. The van der Waals surface area contributed by atoms with Crippen molar-refractivity contribution in [3.05, 3.63) is 18.8 Å². The molecule has 1 heterocycles. The van der Waals surface area contributed by atoms with Gasteiger partial charge in [-0.3, -0.25) is 0 Å². The van der Waals surface area contributed by atoms with E-state index in [-0.39, 0.29) is 0 Å². The van der Waals surface area contributed by atoms with Gasteiger partial charge in [-0.2, -0.15) is 0 Å². The predicted molar refractivity (Wildman–Crippen MR) is 28.6 cm³/mol. The van der Waals surface area contributed by atoms with Crippen molar-refractivity contribution in [1.29, 1.82) is 0 Å². The Kier molecular flexibility index (Phi) is 1.94. The van der Waals surface area contributed by atoms with Gasteiger partial charge in [0, 0.05) is 0 Å². The molecular formula is C6H9O. The van der Waals surface area contributed by atoms with Gasteiger partial charge in [0.25, 0.3) is 0 Å². The van der Waals surface area contributed by atoms with Gasteiger partial charge in [0.05, 0.1) is 13.2 Å². The Balaban J connectivity index is 2.20. The van der Waals surface area contributed by atoms with Crippen molar-refractivity contribution < 1.29 is 4.74 Å². The Labute approximate surface area is 44.0 Å². The summed E-state index contributed by atoms with van der Waals surface area (Å²) in [6.07, 6.45) is 6.30. The van der Waals surface area contributed by atoms with Gasteiger partial charge in [0.15, 0.2) is 0 Å². The molecule has 0 saturated carbocycles. The molecule has 0 N–H and O–H groups in total. The first kappa shape index (κ1) is 4.85. The van der Waals surface area contributed by atoms with E-state index < -0.39 is 0 Å². The Bertz CT molecular complexity index is 58.6. The van der Waals surface area contributed by atoms with Crippen molar-refractivity contribution in [3.63, 3.8) is 0 Å². The second kappa shape index (κ2) is 2.80. The molecule has 0 saturated heterocycles. The summed E-state index contributed by atoms with van der Waals surface area (Å²) in [4.78, 5) is 0. The van der Waals surface area contributed by atoms with Gasteiger partial charge >= 0.3 is 0 Å². The predicted octanol–water partition coefficient (Wildman–Crippen LogP) is 1.51. The molecule has 0 aromatic rings. The van der Waals surface area contributed by atoms with Crippen LogP contribution in [-0.4, -0.2) is 6.61 Å². The zero-order valence-corrected chi connectivity index (χ0v) is 4.26. The average Bonchev–Trinajstić information content (AvgIpc) is 1.90. The van der Waals surface area contributed by atoms with Crippen LogP contribution in [0.15, 0.2) is 12.2 Å². The first-order chi connectivity index (χ1) is 3.50. The molecule has 0 aromatic heterocycles. The van der Waals surface area contributed by atoms with Gasteiger partial charge in [-0.25, -0.2) is 0 Å². The number of rotatable bonds is 0. The maximum absolute atomic E-state index is 5.01. The van der Waals surface area contributed by atoms with Crippen LogP contribution in [0, 0.1) is 6.61 Å². The fraction of sp³-hybridized carbons (Fsp3) is 0.500. The Hall–Kier alpha value is -0.300. The second-order valence-corrected chi connectivity index (χ2v) is 1.53. The summed E-state index contributed by atoms with van der Waals surface area (Å²) < 4.78 is 5.01. The summed E-state index contributed by atoms with van der Waals surface area (Å²) in [6.45, 7) is 2.69. The van der Waals surface area contributed by atoms with E-state index in [4.69, 9.17) is 4.74 Å². The molecule has 0 spiro atoms. The number of hydrogen-bond acceptors (Lipinski definition) is 1. The topological polar surface area (TPSA) is 9.23 Å². The minimum absolute atomic E-state index is 0.858. The van der Waals surface area contributed by atoms with Gasteiger partial charge in [-0.15, -0.1) is 0 Å². The maximum Gasteiger partial charge on any atom is 0.0874 e. The summed E-state index contributed by atoms with van der Waals surface area (Å²) in [5.41, 5.74) is 0. The number of hydrogen-bond donors (Lipinski definition) is 0. The highest BCUT2D eigenvalue weighted by molar-refractivity contribution is 4.86. The second-order valence-electron chi connectivity index (χ2n) is 1.53. The third-order valence-corrected chi connectivity index (χ3v) is 0.919. The first-order valence-electron chi connectivity index (χ1n) is 2.58. The fourth-order valence-corrected chi connectivity index (χ4v) is 0.557. The molecule has 0 bridgehead atoms. The van der Waals surface area contributed by atoms with Crippen molar-refractivity contribution >= 4 is 0 Å². The molecule has 0 aromatic carbocycles. The summed E-state index contributed by atoms with van der Waals surface area (Å²) in [7, 11) is 0. The molecule has 1 nitrogen and oxygen atoms in total. The van der Waals surface area contributed by atoms with Crippen LogP contribution in [0.2, 0.25) is 0 Å². The lowest BCUT2D eigenvalue weighted by Gasteiger charge is -1.90. The van der Waals surface area contributed by atoms with E-state index in [2.05, 4.69) is 12.2 Å². The van der Waals surface area contributed by atoms with Crippen molar-refractivity contribution in [2.45, 2.75) is 12.8 Å². The third-order valence-electron chi connectivity index (χ3n) is 0.919. The molecule has 1 heteroatoms. The standard InChI is InChI=1S/C6H9O/c1-2-4-6-7-5-3-1/h1-2,5H,3-4,6H2. The highest BCUT2D eigenvalue weighted by Crippen LogP contribution is 1.99. The summed E-state index contributed by atoms with van der Waals surface area (Å²) in [5.74, 6) is 0. The van der Waals surface area contributed by atoms with Crippen LogP contribution in [0.1, 0.15) is 12.8 Å². The van der Waals surface area contributed by atoms with Crippen LogP contribution >= 0.6 is 0 Å². The largest absolute Gasteiger partial charge is 0.375 e. The first-order valence-corrected chi connectivity index (χ1v) is 2.58. The third kappa shape index (κ3) is 1.74. The van der Waals surface area contributed by atoms with Crippen LogP contribution in [0.4, 0.5) is 0 Å². The van der Waals surface area contributed by atoms with E-state index >= 15 is 0 Å². The van der Waals surface area contributed by atoms with Crippen molar-refractivity contribution in [2.24, 2.45) is 0 Å². The Morgan fingerprint density at radius 1 is 1.29 bits per heavy atom.